The highest BCUT2D eigenvalue weighted by Crippen LogP contribution is 2.27. The molecule has 2 heterocycles. The summed E-state index contributed by atoms with van der Waals surface area (Å²) >= 11 is 0. The molecule has 2 N–H and O–H groups in total. The number of piperidine rings is 1. The molecule has 0 saturated carbocycles. The van der Waals surface area contributed by atoms with E-state index in [-0.39, 0.29) is 41.9 Å². The number of guanidine groups is 1. The van der Waals surface area contributed by atoms with Crippen LogP contribution in [0.2, 0.25) is 0 Å². The topological polar surface area (TPSA) is 83.0 Å². The second-order valence-electron chi connectivity index (χ2n) is 6.22. The van der Waals surface area contributed by atoms with Crippen LogP contribution in [0.5, 0.6) is 5.75 Å². The van der Waals surface area contributed by atoms with Crippen LogP contribution < -0.4 is 15.4 Å². The number of hydrogen-bond donors (Lipinski definition) is 2. The molecule has 0 aromatic heterocycles. The number of fused-ring (bicyclic) bond motifs is 1. The summed E-state index contributed by atoms with van der Waals surface area (Å²) < 4.78 is 5.89. The minimum Gasteiger partial charge on any atom is -0.488 e. The van der Waals surface area contributed by atoms with Crippen molar-refractivity contribution >= 4 is 41.8 Å². The minimum absolute atomic E-state index is 0. The Labute approximate surface area is 170 Å². The summed E-state index contributed by atoms with van der Waals surface area (Å²) in [4.78, 5) is 29.0. The molecule has 0 bridgehead atoms. The maximum atomic E-state index is 11.8. The van der Waals surface area contributed by atoms with Crippen LogP contribution in [0.25, 0.3) is 0 Å². The predicted molar refractivity (Wildman–Crippen MR) is 110 cm³/mol. The number of likely N-dealkylation sites (tertiary alicyclic amines) is 1. The van der Waals surface area contributed by atoms with Gasteiger partial charge < -0.3 is 15.4 Å². The third-order valence-electron chi connectivity index (χ3n) is 4.45. The number of nitrogens with zero attached hydrogens (tertiary/aromatic N) is 2. The number of amides is 2. The zero-order valence-electron chi connectivity index (χ0n) is 14.9. The van der Waals surface area contributed by atoms with E-state index in [1.165, 1.54) is 10.5 Å². The van der Waals surface area contributed by atoms with Crippen LogP contribution in [-0.2, 0) is 16.0 Å². The molecule has 0 aliphatic carbocycles. The van der Waals surface area contributed by atoms with Crippen LogP contribution in [-0.4, -0.2) is 55.5 Å². The van der Waals surface area contributed by atoms with E-state index in [1.54, 1.807) is 7.05 Å². The molecular formula is C18H25IN4O3. The first-order valence-corrected chi connectivity index (χ1v) is 8.69. The number of benzene rings is 1. The Kier molecular flexibility index (Phi) is 7.67. The smallest absolute Gasteiger partial charge is 0.229 e. The van der Waals surface area contributed by atoms with Crippen molar-refractivity contribution in [2.24, 2.45) is 4.99 Å². The highest BCUT2D eigenvalue weighted by atomic mass is 127. The largest absolute Gasteiger partial charge is 0.488 e. The van der Waals surface area contributed by atoms with Crippen molar-refractivity contribution in [3.63, 3.8) is 0 Å². The highest BCUT2D eigenvalue weighted by Gasteiger charge is 2.25. The maximum absolute atomic E-state index is 11.8. The molecular weight excluding hydrogens is 447 g/mol. The average molecular weight is 472 g/mol. The number of halogens is 1. The number of ether oxygens (including phenoxy) is 1. The first-order valence-electron chi connectivity index (χ1n) is 8.69. The molecule has 2 amide bonds. The van der Waals surface area contributed by atoms with Gasteiger partial charge in [0.15, 0.2) is 5.96 Å². The van der Waals surface area contributed by atoms with Gasteiger partial charge in [0.1, 0.15) is 11.9 Å². The molecule has 0 radical (unpaired) electrons. The van der Waals surface area contributed by atoms with Crippen LogP contribution in [0.1, 0.15) is 24.8 Å². The Morgan fingerprint density at radius 1 is 1.23 bits per heavy atom. The SMILES string of the molecule is CN=C(NCCN1C(=O)CCCC1=O)NCC1Cc2ccccc2O1.I. The molecule has 2 aliphatic heterocycles. The first kappa shape index (κ1) is 20.5. The van der Waals surface area contributed by atoms with E-state index in [0.717, 1.165) is 12.2 Å². The van der Waals surface area contributed by atoms with E-state index < -0.39 is 0 Å². The fourth-order valence-corrected chi connectivity index (χ4v) is 3.13. The molecule has 8 heteroatoms. The minimum atomic E-state index is -0.0851. The van der Waals surface area contributed by atoms with Gasteiger partial charge in [-0.2, -0.15) is 0 Å². The standard InChI is InChI=1S/C18H24N4O3.HI/c1-19-18(20-9-10-22-16(23)7-4-8-17(22)24)21-12-14-11-13-5-2-3-6-15(13)25-14;/h2-3,5-6,14H,4,7-12H2,1H3,(H2,19,20,21);1H. The normalized spacial score (nSPS) is 19.5. The van der Waals surface area contributed by atoms with Gasteiger partial charge in [0.05, 0.1) is 6.54 Å². The number of para-hydroxylation sites is 1. The zero-order valence-corrected chi connectivity index (χ0v) is 17.2. The monoisotopic (exact) mass is 472 g/mol. The van der Waals surface area contributed by atoms with E-state index in [9.17, 15) is 9.59 Å². The second kappa shape index (κ2) is 9.75. The summed E-state index contributed by atoms with van der Waals surface area (Å²) in [6, 6.07) is 8.05. The number of carbonyl (C=O) groups is 2. The highest BCUT2D eigenvalue weighted by molar-refractivity contribution is 14.0. The van der Waals surface area contributed by atoms with Gasteiger partial charge in [-0.3, -0.25) is 19.5 Å². The van der Waals surface area contributed by atoms with Gasteiger partial charge in [-0.25, -0.2) is 0 Å². The van der Waals surface area contributed by atoms with Crippen LogP contribution in [0.15, 0.2) is 29.3 Å². The number of rotatable bonds is 5. The van der Waals surface area contributed by atoms with Gasteiger partial charge in [-0.15, -0.1) is 24.0 Å². The van der Waals surface area contributed by atoms with E-state index >= 15 is 0 Å². The van der Waals surface area contributed by atoms with E-state index in [4.69, 9.17) is 4.74 Å². The number of imide groups is 1. The van der Waals surface area contributed by atoms with Crippen molar-refractivity contribution in [1.29, 1.82) is 0 Å². The fraction of sp³-hybridized carbons (Fsp3) is 0.500. The molecule has 7 nitrogen and oxygen atoms in total. The van der Waals surface area contributed by atoms with Crippen molar-refractivity contribution in [3.8, 4) is 5.75 Å². The number of carbonyl (C=O) groups excluding carboxylic acids is 2. The Bertz CT molecular complexity index is 639. The third kappa shape index (κ3) is 5.09. The molecule has 0 spiro atoms. The van der Waals surface area contributed by atoms with Crippen LogP contribution in [0.3, 0.4) is 0 Å². The van der Waals surface area contributed by atoms with Gasteiger partial charge >= 0.3 is 0 Å². The number of aliphatic imine (C=N–C) groups is 1. The molecule has 1 unspecified atom stereocenters. The van der Waals surface area contributed by atoms with Gasteiger partial charge in [0.2, 0.25) is 11.8 Å². The van der Waals surface area contributed by atoms with E-state index in [1.807, 2.05) is 18.2 Å². The Morgan fingerprint density at radius 3 is 2.65 bits per heavy atom. The summed E-state index contributed by atoms with van der Waals surface area (Å²) in [7, 11) is 1.69. The Morgan fingerprint density at radius 2 is 1.96 bits per heavy atom. The summed E-state index contributed by atoms with van der Waals surface area (Å²) in [6.45, 7) is 1.47. The first-order chi connectivity index (χ1) is 12.2. The summed E-state index contributed by atoms with van der Waals surface area (Å²) in [5.41, 5.74) is 1.22. The lowest BCUT2D eigenvalue weighted by Crippen LogP contribution is -2.47. The predicted octanol–water partition coefficient (Wildman–Crippen LogP) is 1.31. The molecule has 1 saturated heterocycles. The molecule has 142 valence electrons. The van der Waals surface area contributed by atoms with Gasteiger partial charge in [-0.1, -0.05) is 18.2 Å². The molecule has 1 aromatic carbocycles. The third-order valence-corrected chi connectivity index (χ3v) is 4.45. The quantitative estimate of drug-likeness (QED) is 0.293. The van der Waals surface area contributed by atoms with Crippen molar-refractivity contribution in [3.05, 3.63) is 29.8 Å². The molecule has 26 heavy (non-hydrogen) atoms. The van der Waals surface area contributed by atoms with Crippen molar-refractivity contribution < 1.29 is 14.3 Å². The molecule has 3 rings (SSSR count). The molecule has 1 fully saturated rings. The second-order valence-corrected chi connectivity index (χ2v) is 6.22. The zero-order chi connectivity index (χ0) is 17.6. The summed E-state index contributed by atoms with van der Waals surface area (Å²) in [5.74, 6) is 1.41. The Balaban J connectivity index is 0.00000243. The van der Waals surface area contributed by atoms with Gasteiger partial charge in [-0.05, 0) is 18.1 Å². The van der Waals surface area contributed by atoms with E-state index in [2.05, 4.69) is 21.7 Å². The Hall–Kier alpha value is -1.84. The van der Waals surface area contributed by atoms with Crippen molar-refractivity contribution in [2.45, 2.75) is 31.8 Å². The van der Waals surface area contributed by atoms with Crippen LogP contribution in [0, 0.1) is 0 Å². The van der Waals surface area contributed by atoms with Crippen LogP contribution >= 0.6 is 24.0 Å². The van der Waals surface area contributed by atoms with Gasteiger partial charge in [0, 0.05) is 39.4 Å². The lowest BCUT2D eigenvalue weighted by Gasteiger charge is -2.25. The van der Waals surface area contributed by atoms with Crippen molar-refractivity contribution in [2.75, 3.05) is 26.7 Å². The fourth-order valence-electron chi connectivity index (χ4n) is 3.13. The van der Waals surface area contributed by atoms with Gasteiger partial charge in [0.25, 0.3) is 0 Å². The maximum Gasteiger partial charge on any atom is 0.229 e. The molecule has 2 aliphatic rings. The summed E-state index contributed by atoms with van der Waals surface area (Å²) in [6.07, 6.45) is 2.52. The lowest BCUT2D eigenvalue weighted by atomic mass is 10.1. The average Bonchev–Trinajstić information content (AvgIpc) is 3.03. The molecule has 1 atom stereocenters. The molecule has 1 aromatic rings. The van der Waals surface area contributed by atoms with E-state index in [0.29, 0.717) is 44.9 Å². The lowest BCUT2D eigenvalue weighted by molar-refractivity contribution is -0.147. The van der Waals surface area contributed by atoms with Crippen molar-refractivity contribution in [1.82, 2.24) is 15.5 Å². The van der Waals surface area contributed by atoms with Crippen LogP contribution in [0.4, 0.5) is 0 Å². The number of hydrogen-bond acceptors (Lipinski definition) is 4. The summed E-state index contributed by atoms with van der Waals surface area (Å²) in [5, 5.41) is 6.37. The number of nitrogens with one attached hydrogen (secondary N) is 2.